The van der Waals surface area contributed by atoms with Gasteiger partial charge in [0, 0.05) is 6.07 Å². The molecule has 0 atom stereocenters. The van der Waals surface area contributed by atoms with Gasteiger partial charge in [0.2, 0.25) is 0 Å². The maximum absolute atomic E-state index is 13.4. The van der Waals surface area contributed by atoms with Crippen molar-refractivity contribution >= 4 is 5.78 Å². The van der Waals surface area contributed by atoms with Crippen LogP contribution in [-0.2, 0) is 6.54 Å². The van der Waals surface area contributed by atoms with Gasteiger partial charge in [0.15, 0.2) is 5.78 Å². The summed E-state index contributed by atoms with van der Waals surface area (Å²) in [6.07, 6.45) is 1.41. The monoisotopic (exact) mass is 264 g/mol. The van der Waals surface area contributed by atoms with Gasteiger partial charge in [-0.1, -0.05) is 0 Å². The molecule has 0 bridgehead atoms. The summed E-state index contributed by atoms with van der Waals surface area (Å²) in [5.74, 6) is -2.25. The maximum atomic E-state index is 13.4. The van der Waals surface area contributed by atoms with Crippen molar-refractivity contribution < 1.29 is 13.6 Å². The fourth-order valence-electron chi connectivity index (χ4n) is 1.58. The van der Waals surface area contributed by atoms with Gasteiger partial charge in [-0.15, -0.1) is 0 Å². The Labute approximate surface area is 107 Å². The minimum absolute atomic E-state index is 0.394. The van der Waals surface area contributed by atoms with Crippen molar-refractivity contribution in [1.29, 1.82) is 0 Å². The van der Waals surface area contributed by atoms with E-state index in [1.807, 2.05) is 0 Å². The van der Waals surface area contributed by atoms with E-state index in [4.69, 9.17) is 0 Å². The predicted molar refractivity (Wildman–Crippen MR) is 63.9 cm³/mol. The average molecular weight is 264 g/mol. The van der Waals surface area contributed by atoms with E-state index in [0.29, 0.717) is 5.56 Å². The summed E-state index contributed by atoms with van der Waals surface area (Å²) in [5, 5.41) is 3.76. The number of carbonyl (C=O) groups is 1. The smallest absolute Gasteiger partial charge is 0.267 e. The second-order valence-corrected chi connectivity index (χ2v) is 4.08. The van der Waals surface area contributed by atoms with Gasteiger partial charge >= 0.3 is 0 Å². The maximum Gasteiger partial charge on any atom is 0.267 e. The van der Waals surface area contributed by atoms with E-state index < -0.39 is 35.1 Å². The van der Waals surface area contributed by atoms with Crippen LogP contribution in [0.4, 0.5) is 8.78 Å². The first-order valence-electron chi connectivity index (χ1n) is 5.49. The molecule has 2 rings (SSSR count). The Kier molecular flexibility index (Phi) is 3.50. The molecule has 1 heterocycles. The Bertz CT molecular complexity index is 695. The van der Waals surface area contributed by atoms with Crippen LogP contribution in [0.1, 0.15) is 15.9 Å². The molecule has 0 aliphatic rings. The molecule has 0 fully saturated rings. The highest BCUT2D eigenvalue weighted by molar-refractivity contribution is 5.96. The second kappa shape index (κ2) is 5.09. The minimum atomic E-state index is -0.827. The molecule has 0 aliphatic carbocycles. The van der Waals surface area contributed by atoms with Gasteiger partial charge < -0.3 is 0 Å². The lowest BCUT2D eigenvalue weighted by molar-refractivity contribution is 0.0961. The lowest BCUT2D eigenvalue weighted by Crippen LogP contribution is -2.26. The lowest BCUT2D eigenvalue weighted by Gasteiger charge is -2.05. The third kappa shape index (κ3) is 2.90. The van der Waals surface area contributed by atoms with E-state index >= 15 is 0 Å². The molecule has 0 saturated heterocycles. The Morgan fingerprint density at radius 1 is 1.32 bits per heavy atom. The zero-order valence-electron chi connectivity index (χ0n) is 10.1. The van der Waals surface area contributed by atoms with Crippen molar-refractivity contribution in [3.05, 3.63) is 63.6 Å². The number of halogens is 2. The predicted octanol–water partition coefficient (Wildman–Crippen LogP) is 1.71. The summed E-state index contributed by atoms with van der Waals surface area (Å²) in [6, 6.07) is 3.90. The molecule has 0 N–H and O–H groups in total. The largest absolute Gasteiger partial charge is 0.292 e. The summed E-state index contributed by atoms with van der Waals surface area (Å²) in [5.41, 5.74) is -0.204. The first kappa shape index (κ1) is 13.1. The summed E-state index contributed by atoms with van der Waals surface area (Å²) >= 11 is 0. The molecule has 0 unspecified atom stereocenters. The molecule has 1 aromatic carbocycles. The molecule has 0 spiro atoms. The van der Waals surface area contributed by atoms with Gasteiger partial charge in [-0.05, 0) is 30.7 Å². The van der Waals surface area contributed by atoms with Crippen LogP contribution >= 0.6 is 0 Å². The summed E-state index contributed by atoms with van der Waals surface area (Å²) in [4.78, 5) is 23.4. The first-order valence-corrected chi connectivity index (χ1v) is 5.49. The van der Waals surface area contributed by atoms with Crippen molar-refractivity contribution in [2.24, 2.45) is 0 Å². The van der Waals surface area contributed by atoms with Gasteiger partial charge in [-0.3, -0.25) is 9.59 Å². The number of hydrogen-bond acceptors (Lipinski definition) is 3. The standard InChI is InChI=1S/C13H10F2N2O2/c1-8-4-13(19)17(16-6-8)7-12(18)10-5-9(14)2-3-11(10)15/h2-6H,7H2,1H3. The number of aryl methyl sites for hydroxylation is 1. The van der Waals surface area contributed by atoms with E-state index in [9.17, 15) is 18.4 Å². The molecular formula is C13H10F2N2O2. The zero-order chi connectivity index (χ0) is 14.0. The van der Waals surface area contributed by atoms with Crippen molar-refractivity contribution in [3.8, 4) is 0 Å². The van der Waals surface area contributed by atoms with E-state index in [2.05, 4.69) is 5.10 Å². The molecule has 98 valence electrons. The van der Waals surface area contributed by atoms with Crippen LogP contribution < -0.4 is 5.56 Å². The van der Waals surface area contributed by atoms with Gasteiger partial charge in [0.25, 0.3) is 5.56 Å². The molecule has 0 radical (unpaired) electrons. The highest BCUT2D eigenvalue weighted by Crippen LogP contribution is 2.10. The molecule has 0 aliphatic heterocycles. The highest BCUT2D eigenvalue weighted by Gasteiger charge is 2.14. The highest BCUT2D eigenvalue weighted by atomic mass is 19.1. The molecule has 6 heteroatoms. The minimum Gasteiger partial charge on any atom is -0.292 e. The summed E-state index contributed by atoms with van der Waals surface area (Å²) in [7, 11) is 0. The van der Waals surface area contributed by atoms with Crippen LogP contribution in [0.15, 0.2) is 35.3 Å². The molecule has 19 heavy (non-hydrogen) atoms. The van der Waals surface area contributed by atoms with Crippen LogP contribution in [0, 0.1) is 18.6 Å². The molecule has 2 aromatic rings. The van der Waals surface area contributed by atoms with Gasteiger partial charge in [0.1, 0.15) is 18.2 Å². The Balaban J connectivity index is 2.31. The fraction of sp³-hybridized carbons (Fsp3) is 0.154. The van der Waals surface area contributed by atoms with Crippen LogP contribution in [-0.4, -0.2) is 15.6 Å². The van der Waals surface area contributed by atoms with E-state index in [-0.39, 0.29) is 0 Å². The molecule has 4 nitrogen and oxygen atoms in total. The molecular weight excluding hydrogens is 254 g/mol. The van der Waals surface area contributed by atoms with Gasteiger partial charge in [-0.2, -0.15) is 5.10 Å². The number of nitrogens with zero attached hydrogens (tertiary/aromatic N) is 2. The van der Waals surface area contributed by atoms with Crippen LogP contribution in [0.2, 0.25) is 0 Å². The van der Waals surface area contributed by atoms with Gasteiger partial charge in [0.05, 0.1) is 11.8 Å². The molecule has 0 saturated carbocycles. The molecule has 1 aromatic heterocycles. The Morgan fingerprint density at radius 3 is 2.74 bits per heavy atom. The lowest BCUT2D eigenvalue weighted by atomic mass is 10.1. The number of aromatic nitrogens is 2. The van der Waals surface area contributed by atoms with E-state index in [1.165, 1.54) is 12.3 Å². The van der Waals surface area contributed by atoms with Gasteiger partial charge in [-0.25, -0.2) is 13.5 Å². The number of ketones is 1. The third-order valence-corrected chi connectivity index (χ3v) is 2.53. The van der Waals surface area contributed by atoms with E-state index in [0.717, 1.165) is 22.9 Å². The summed E-state index contributed by atoms with van der Waals surface area (Å²) < 4.78 is 27.3. The topological polar surface area (TPSA) is 52.0 Å². The van der Waals surface area contributed by atoms with Crippen molar-refractivity contribution in [3.63, 3.8) is 0 Å². The quantitative estimate of drug-likeness (QED) is 0.793. The van der Waals surface area contributed by atoms with Crippen LogP contribution in [0.25, 0.3) is 0 Å². The van der Waals surface area contributed by atoms with Crippen molar-refractivity contribution in [2.45, 2.75) is 13.5 Å². The number of rotatable bonds is 3. The molecule has 0 amide bonds. The van der Waals surface area contributed by atoms with Crippen LogP contribution in [0.5, 0.6) is 0 Å². The average Bonchev–Trinajstić information content (AvgIpc) is 2.35. The first-order chi connectivity index (χ1) is 8.97. The Morgan fingerprint density at radius 2 is 2.05 bits per heavy atom. The number of benzene rings is 1. The SMILES string of the molecule is Cc1cnn(CC(=O)c2cc(F)ccc2F)c(=O)c1. The number of hydrogen-bond donors (Lipinski definition) is 0. The normalized spacial score (nSPS) is 10.5. The number of carbonyl (C=O) groups excluding carboxylic acids is 1. The third-order valence-electron chi connectivity index (χ3n) is 2.53. The van der Waals surface area contributed by atoms with Crippen molar-refractivity contribution in [1.82, 2.24) is 9.78 Å². The zero-order valence-corrected chi connectivity index (χ0v) is 10.1. The summed E-state index contributed by atoms with van der Waals surface area (Å²) in [6.45, 7) is 1.26. The van der Waals surface area contributed by atoms with Crippen LogP contribution in [0.3, 0.4) is 0 Å². The Hall–Kier alpha value is -2.37. The van der Waals surface area contributed by atoms with E-state index in [1.54, 1.807) is 6.92 Å². The second-order valence-electron chi connectivity index (χ2n) is 4.08. The fourth-order valence-corrected chi connectivity index (χ4v) is 1.58. The van der Waals surface area contributed by atoms with Crippen molar-refractivity contribution in [2.75, 3.05) is 0 Å². The number of Topliss-reactive ketones (excluding diaryl/α,β-unsaturated/α-hetero) is 1.